The van der Waals surface area contributed by atoms with E-state index in [4.69, 9.17) is 5.73 Å². The van der Waals surface area contributed by atoms with Crippen LogP contribution in [0.4, 0.5) is 0 Å². The number of hydrogen-bond donors (Lipinski definition) is 2. The molecule has 1 fully saturated rings. The summed E-state index contributed by atoms with van der Waals surface area (Å²) in [5, 5.41) is 9.74. The van der Waals surface area contributed by atoms with Crippen molar-refractivity contribution in [2.24, 2.45) is 11.7 Å². The zero-order chi connectivity index (χ0) is 13.8. The summed E-state index contributed by atoms with van der Waals surface area (Å²) < 4.78 is 0. The lowest BCUT2D eigenvalue weighted by molar-refractivity contribution is 0.117. The van der Waals surface area contributed by atoms with Gasteiger partial charge in [-0.3, -0.25) is 9.88 Å². The maximum absolute atomic E-state index is 9.74. The predicted molar refractivity (Wildman–Crippen MR) is 76.6 cm³/mol. The SMILES string of the molecule is CCC(N)C(c1ccccn1)N1CCC(C(C)O)C1. The van der Waals surface area contributed by atoms with Gasteiger partial charge in [-0.15, -0.1) is 0 Å². The molecular weight excluding hydrogens is 238 g/mol. The molecule has 106 valence electrons. The Balaban J connectivity index is 2.16. The Kier molecular flexibility index (Phi) is 4.91. The van der Waals surface area contributed by atoms with Gasteiger partial charge in [-0.1, -0.05) is 13.0 Å². The molecular formula is C15H25N3O. The van der Waals surface area contributed by atoms with Crippen molar-refractivity contribution in [3.8, 4) is 0 Å². The van der Waals surface area contributed by atoms with Crippen molar-refractivity contribution in [2.75, 3.05) is 13.1 Å². The van der Waals surface area contributed by atoms with Crippen LogP contribution in [0, 0.1) is 5.92 Å². The predicted octanol–water partition coefficient (Wildman–Crippen LogP) is 1.56. The average Bonchev–Trinajstić information content (AvgIpc) is 2.89. The van der Waals surface area contributed by atoms with E-state index >= 15 is 0 Å². The largest absolute Gasteiger partial charge is 0.393 e. The van der Waals surface area contributed by atoms with Crippen molar-refractivity contribution in [2.45, 2.75) is 44.9 Å². The minimum Gasteiger partial charge on any atom is -0.393 e. The second-order valence-electron chi connectivity index (χ2n) is 5.56. The van der Waals surface area contributed by atoms with E-state index in [1.807, 2.05) is 25.3 Å². The van der Waals surface area contributed by atoms with E-state index in [9.17, 15) is 5.11 Å². The molecule has 2 rings (SSSR count). The molecule has 0 spiro atoms. The van der Waals surface area contributed by atoms with Gasteiger partial charge in [0.2, 0.25) is 0 Å². The van der Waals surface area contributed by atoms with Gasteiger partial charge in [-0.05, 0) is 44.4 Å². The van der Waals surface area contributed by atoms with Crippen LogP contribution in [0.1, 0.15) is 38.4 Å². The molecule has 19 heavy (non-hydrogen) atoms. The Labute approximate surface area is 115 Å². The second-order valence-corrected chi connectivity index (χ2v) is 5.56. The standard InChI is InChI=1S/C15H25N3O/c1-3-13(16)15(14-6-4-5-8-17-14)18-9-7-12(10-18)11(2)19/h4-6,8,11-13,15,19H,3,7,9-10,16H2,1-2H3. The maximum atomic E-state index is 9.74. The van der Waals surface area contributed by atoms with Crippen LogP contribution >= 0.6 is 0 Å². The third-order valence-electron chi connectivity index (χ3n) is 4.20. The Bertz CT molecular complexity index is 382. The Hall–Kier alpha value is -0.970. The number of rotatable bonds is 5. The molecule has 0 radical (unpaired) electrons. The topological polar surface area (TPSA) is 62.4 Å². The number of hydrogen-bond acceptors (Lipinski definition) is 4. The summed E-state index contributed by atoms with van der Waals surface area (Å²) in [6.45, 7) is 5.89. The van der Waals surface area contributed by atoms with E-state index < -0.39 is 0 Å². The molecule has 1 aromatic heterocycles. The van der Waals surface area contributed by atoms with Gasteiger partial charge >= 0.3 is 0 Å². The van der Waals surface area contributed by atoms with E-state index in [2.05, 4.69) is 22.9 Å². The molecule has 4 atom stereocenters. The number of nitrogens with zero attached hydrogens (tertiary/aromatic N) is 2. The molecule has 0 aliphatic carbocycles. The Morgan fingerprint density at radius 3 is 2.84 bits per heavy atom. The monoisotopic (exact) mass is 263 g/mol. The molecule has 1 aliphatic heterocycles. The lowest BCUT2D eigenvalue weighted by Gasteiger charge is -2.32. The third-order valence-corrected chi connectivity index (χ3v) is 4.20. The van der Waals surface area contributed by atoms with Crippen LogP contribution < -0.4 is 5.73 Å². The molecule has 0 saturated carbocycles. The third kappa shape index (κ3) is 3.32. The zero-order valence-electron chi connectivity index (χ0n) is 11.9. The smallest absolute Gasteiger partial charge is 0.0673 e. The molecule has 1 aromatic rings. The van der Waals surface area contributed by atoms with Crippen LogP contribution in [0.25, 0.3) is 0 Å². The molecule has 0 bridgehead atoms. The van der Waals surface area contributed by atoms with Crippen molar-refractivity contribution >= 4 is 0 Å². The Morgan fingerprint density at radius 1 is 1.53 bits per heavy atom. The molecule has 0 aromatic carbocycles. The highest BCUT2D eigenvalue weighted by Crippen LogP contribution is 2.30. The minimum absolute atomic E-state index is 0.0858. The number of aliphatic hydroxyl groups excluding tert-OH is 1. The van der Waals surface area contributed by atoms with Crippen LogP contribution in [0.15, 0.2) is 24.4 Å². The fourth-order valence-electron chi connectivity index (χ4n) is 2.91. The normalized spacial score (nSPS) is 25.2. The highest BCUT2D eigenvalue weighted by Gasteiger charge is 2.34. The fourth-order valence-corrected chi connectivity index (χ4v) is 2.91. The minimum atomic E-state index is -0.243. The van der Waals surface area contributed by atoms with Crippen molar-refractivity contribution in [1.29, 1.82) is 0 Å². The molecule has 4 heteroatoms. The first-order valence-corrected chi connectivity index (χ1v) is 7.22. The molecule has 3 N–H and O–H groups in total. The van der Waals surface area contributed by atoms with Crippen molar-refractivity contribution in [3.05, 3.63) is 30.1 Å². The molecule has 0 amide bonds. The number of aromatic nitrogens is 1. The van der Waals surface area contributed by atoms with Gasteiger partial charge in [0.1, 0.15) is 0 Å². The van der Waals surface area contributed by atoms with Crippen molar-refractivity contribution in [3.63, 3.8) is 0 Å². The number of nitrogens with two attached hydrogens (primary N) is 1. The summed E-state index contributed by atoms with van der Waals surface area (Å²) in [7, 11) is 0. The van der Waals surface area contributed by atoms with Gasteiger partial charge in [0, 0.05) is 18.8 Å². The summed E-state index contributed by atoms with van der Waals surface area (Å²) in [5.41, 5.74) is 7.35. The van der Waals surface area contributed by atoms with Crippen LogP contribution in [0.5, 0.6) is 0 Å². The molecule has 4 nitrogen and oxygen atoms in total. The lowest BCUT2D eigenvalue weighted by atomic mass is 10.0. The highest BCUT2D eigenvalue weighted by molar-refractivity contribution is 5.12. The molecule has 1 saturated heterocycles. The first-order chi connectivity index (χ1) is 9.13. The van der Waals surface area contributed by atoms with Crippen LogP contribution in [0.2, 0.25) is 0 Å². The van der Waals surface area contributed by atoms with Gasteiger partial charge in [-0.25, -0.2) is 0 Å². The van der Waals surface area contributed by atoms with Crippen molar-refractivity contribution in [1.82, 2.24) is 9.88 Å². The van der Waals surface area contributed by atoms with Crippen LogP contribution in [0.3, 0.4) is 0 Å². The van der Waals surface area contributed by atoms with Crippen LogP contribution in [-0.4, -0.2) is 40.2 Å². The van der Waals surface area contributed by atoms with Crippen molar-refractivity contribution < 1.29 is 5.11 Å². The number of aliphatic hydroxyl groups is 1. The van der Waals surface area contributed by atoms with E-state index in [0.717, 1.165) is 31.6 Å². The first kappa shape index (κ1) is 14.4. The molecule has 1 aliphatic rings. The van der Waals surface area contributed by atoms with Gasteiger partial charge in [0.15, 0.2) is 0 Å². The van der Waals surface area contributed by atoms with Gasteiger partial charge in [-0.2, -0.15) is 0 Å². The highest BCUT2D eigenvalue weighted by atomic mass is 16.3. The van der Waals surface area contributed by atoms with E-state index in [0.29, 0.717) is 5.92 Å². The summed E-state index contributed by atoms with van der Waals surface area (Å²) in [4.78, 5) is 6.86. The fraction of sp³-hybridized carbons (Fsp3) is 0.667. The molecule has 4 unspecified atom stereocenters. The summed E-state index contributed by atoms with van der Waals surface area (Å²) in [6, 6.07) is 6.24. The second kappa shape index (κ2) is 6.46. The quantitative estimate of drug-likeness (QED) is 0.846. The van der Waals surface area contributed by atoms with E-state index in [-0.39, 0.29) is 18.2 Å². The van der Waals surface area contributed by atoms with Gasteiger partial charge < -0.3 is 10.8 Å². The van der Waals surface area contributed by atoms with Gasteiger partial charge in [0.25, 0.3) is 0 Å². The summed E-state index contributed by atoms with van der Waals surface area (Å²) >= 11 is 0. The average molecular weight is 263 g/mol. The van der Waals surface area contributed by atoms with E-state index in [1.54, 1.807) is 0 Å². The summed E-state index contributed by atoms with van der Waals surface area (Å²) in [6.07, 6.45) is 3.55. The molecule has 2 heterocycles. The number of likely N-dealkylation sites (tertiary alicyclic amines) is 1. The summed E-state index contributed by atoms with van der Waals surface area (Å²) in [5.74, 6) is 0.357. The zero-order valence-corrected chi connectivity index (χ0v) is 11.9. The first-order valence-electron chi connectivity index (χ1n) is 7.22. The van der Waals surface area contributed by atoms with E-state index in [1.165, 1.54) is 0 Å². The van der Waals surface area contributed by atoms with Gasteiger partial charge in [0.05, 0.1) is 17.8 Å². The Morgan fingerprint density at radius 2 is 2.32 bits per heavy atom. The lowest BCUT2D eigenvalue weighted by Crippen LogP contribution is -2.40. The maximum Gasteiger partial charge on any atom is 0.0673 e. The number of pyridine rings is 1. The van der Waals surface area contributed by atoms with Crippen LogP contribution in [-0.2, 0) is 0 Å².